The predicted octanol–water partition coefficient (Wildman–Crippen LogP) is 2.17. The van der Waals surface area contributed by atoms with Crippen LogP contribution in [0.15, 0.2) is 49.6 Å². The molecule has 0 radical (unpaired) electrons. The van der Waals surface area contributed by atoms with Gasteiger partial charge >= 0.3 is 0 Å². The number of morpholine rings is 1. The second-order valence-electron chi connectivity index (χ2n) is 7.23. The maximum atomic E-state index is 5.78. The van der Waals surface area contributed by atoms with Crippen molar-refractivity contribution in [1.29, 1.82) is 0 Å². The number of nitrogen functional groups attached to an aromatic ring is 1. The highest BCUT2D eigenvalue weighted by Crippen LogP contribution is 2.32. The number of rotatable bonds is 8. The van der Waals surface area contributed by atoms with Crippen LogP contribution in [-0.2, 0) is 16.0 Å². The number of nitrogens with two attached hydrogens (primary N) is 1. The third kappa shape index (κ3) is 4.74. The summed E-state index contributed by atoms with van der Waals surface area (Å²) in [7, 11) is 1.68. The SMILES string of the molecule is C=C(c1cc(N2CCOCC2)ncn1)c1cc(-c2cnn(CCOC)c2)ccc1NN. The molecule has 0 amide bonds. The highest BCUT2D eigenvalue weighted by atomic mass is 16.5. The molecule has 1 aliphatic heterocycles. The number of hydrogen-bond acceptors (Lipinski definition) is 8. The molecule has 4 rings (SSSR count). The molecule has 1 fully saturated rings. The van der Waals surface area contributed by atoms with Crippen LogP contribution in [0.25, 0.3) is 16.7 Å². The monoisotopic (exact) mass is 421 g/mol. The molecule has 9 heteroatoms. The summed E-state index contributed by atoms with van der Waals surface area (Å²) in [4.78, 5) is 11.1. The summed E-state index contributed by atoms with van der Waals surface area (Å²) >= 11 is 0. The van der Waals surface area contributed by atoms with Crippen molar-refractivity contribution in [1.82, 2.24) is 19.7 Å². The van der Waals surface area contributed by atoms with Crippen molar-refractivity contribution in [2.75, 3.05) is 50.3 Å². The molecule has 31 heavy (non-hydrogen) atoms. The quantitative estimate of drug-likeness (QED) is 0.421. The van der Waals surface area contributed by atoms with Gasteiger partial charge < -0.3 is 19.8 Å². The van der Waals surface area contributed by atoms with Crippen LogP contribution in [0.5, 0.6) is 0 Å². The van der Waals surface area contributed by atoms with E-state index in [1.54, 1.807) is 13.4 Å². The van der Waals surface area contributed by atoms with Gasteiger partial charge in [0, 0.05) is 49.2 Å². The molecular weight excluding hydrogens is 394 g/mol. The Morgan fingerprint density at radius 2 is 2.06 bits per heavy atom. The summed E-state index contributed by atoms with van der Waals surface area (Å²) in [5.41, 5.74) is 7.94. The van der Waals surface area contributed by atoms with Gasteiger partial charge in [0.2, 0.25) is 0 Å². The molecule has 0 saturated carbocycles. The van der Waals surface area contributed by atoms with Crippen molar-refractivity contribution in [2.24, 2.45) is 5.84 Å². The van der Waals surface area contributed by atoms with E-state index >= 15 is 0 Å². The first-order chi connectivity index (χ1) is 15.2. The van der Waals surface area contributed by atoms with Crippen molar-refractivity contribution in [3.8, 4) is 11.1 Å². The zero-order valence-corrected chi connectivity index (χ0v) is 17.6. The number of hydrazine groups is 1. The zero-order chi connectivity index (χ0) is 21.6. The van der Waals surface area contributed by atoms with Crippen LogP contribution < -0.4 is 16.2 Å². The Labute approximate surface area is 181 Å². The van der Waals surface area contributed by atoms with Crippen LogP contribution in [0.1, 0.15) is 11.3 Å². The number of nitrogens with zero attached hydrogens (tertiary/aromatic N) is 5. The van der Waals surface area contributed by atoms with Gasteiger partial charge in [-0.05, 0) is 17.7 Å². The molecule has 1 saturated heterocycles. The van der Waals surface area contributed by atoms with Crippen molar-refractivity contribution < 1.29 is 9.47 Å². The van der Waals surface area contributed by atoms with Crippen molar-refractivity contribution >= 4 is 17.1 Å². The number of anilines is 2. The van der Waals surface area contributed by atoms with E-state index in [2.05, 4.69) is 32.0 Å². The van der Waals surface area contributed by atoms with Crippen LogP contribution in [0.4, 0.5) is 11.5 Å². The van der Waals surface area contributed by atoms with Gasteiger partial charge in [0.25, 0.3) is 0 Å². The normalized spacial score (nSPS) is 13.9. The molecule has 0 aliphatic carbocycles. The Bertz CT molecular complexity index is 1040. The Balaban J connectivity index is 1.63. The van der Waals surface area contributed by atoms with Crippen LogP contribution in [0, 0.1) is 0 Å². The first kappa shape index (κ1) is 21.0. The van der Waals surface area contributed by atoms with Gasteiger partial charge in [-0.2, -0.15) is 5.10 Å². The van der Waals surface area contributed by atoms with Gasteiger partial charge in [-0.3, -0.25) is 10.5 Å². The first-order valence-electron chi connectivity index (χ1n) is 10.2. The maximum absolute atomic E-state index is 5.78. The number of nitrogens with one attached hydrogen (secondary N) is 1. The Morgan fingerprint density at radius 1 is 1.23 bits per heavy atom. The predicted molar refractivity (Wildman–Crippen MR) is 121 cm³/mol. The molecule has 3 aromatic rings. The molecule has 9 nitrogen and oxygen atoms in total. The number of hydrogen-bond donors (Lipinski definition) is 2. The molecule has 1 aromatic carbocycles. The van der Waals surface area contributed by atoms with Gasteiger partial charge in [0.1, 0.15) is 12.1 Å². The minimum Gasteiger partial charge on any atom is -0.383 e. The summed E-state index contributed by atoms with van der Waals surface area (Å²) in [5.74, 6) is 6.65. The third-order valence-corrected chi connectivity index (χ3v) is 5.29. The van der Waals surface area contributed by atoms with Crippen molar-refractivity contribution in [3.63, 3.8) is 0 Å². The Hall–Kier alpha value is -3.27. The van der Waals surface area contributed by atoms with E-state index in [4.69, 9.17) is 15.3 Å². The van der Waals surface area contributed by atoms with Gasteiger partial charge in [0.05, 0.1) is 43.9 Å². The average Bonchev–Trinajstić information content (AvgIpc) is 3.31. The maximum Gasteiger partial charge on any atom is 0.132 e. The summed E-state index contributed by atoms with van der Waals surface area (Å²) in [6, 6.07) is 7.95. The fourth-order valence-corrected chi connectivity index (χ4v) is 3.53. The van der Waals surface area contributed by atoms with E-state index in [9.17, 15) is 0 Å². The topological polar surface area (TPSA) is 103 Å². The number of methoxy groups -OCH3 is 1. The van der Waals surface area contributed by atoms with Crippen LogP contribution in [0.3, 0.4) is 0 Å². The Kier molecular flexibility index (Phi) is 6.56. The highest BCUT2D eigenvalue weighted by Gasteiger charge is 2.16. The second-order valence-corrected chi connectivity index (χ2v) is 7.23. The lowest BCUT2D eigenvalue weighted by Gasteiger charge is -2.27. The van der Waals surface area contributed by atoms with Gasteiger partial charge in [-0.15, -0.1) is 0 Å². The Morgan fingerprint density at radius 3 is 2.84 bits per heavy atom. The number of benzene rings is 1. The smallest absolute Gasteiger partial charge is 0.132 e. The number of aromatic nitrogens is 4. The molecule has 1 aliphatic rings. The minimum absolute atomic E-state index is 0.610. The molecule has 0 spiro atoms. The van der Waals surface area contributed by atoms with Gasteiger partial charge in [0.15, 0.2) is 0 Å². The average molecular weight is 422 g/mol. The largest absolute Gasteiger partial charge is 0.383 e. The second kappa shape index (κ2) is 9.69. The summed E-state index contributed by atoms with van der Waals surface area (Å²) in [6.45, 7) is 8.62. The van der Waals surface area contributed by atoms with E-state index < -0.39 is 0 Å². The van der Waals surface area contributed by atoms with Gasteiger partial charge in [-0.1, -0.05) is 12.6 Å². The van der Waals surface area contributed by atoms with Gasteiger partial charge in [-0.25, -0.2) is 9.97 Å². The van der Waals surface area contributed by atoms with E-state index in [-0.39, 0.29) is 0 Å². The van der Waals surface area contributed by atoms with E-state index in [1.165, 1.54) is 0 Å². The minimum atomic E-state index is 0.610. The van der Waals surface area contributed by atoms with Crippen LogP contribution >= 0.6 is 0 Å². The lowest BCUT2D eigenvalue weighted by Crippen LogP contribution is -2.36. The highest BCUT2D eigenvalue weighted by molar-refractivity contribution is 5.86. The van der Waals surface area contributed by atoms with Crippen molar-refractivity contribution in [3.05, 3.63) is 60.8 Å². The fourth-order valence-electron chi connectivity index (χ4n) is 3.53. The van der Waals surface area contributed by atoms with Crippen molar-refractivity contribution in [2.45, 2.75) is 6.54 Å². The van der Waals surface area contributed by atoms with E-state index in [0.29, 0.717) is 26.4 Å². The molecule has 2 aromatic heterocycles. The van der Waals surface area contributed by atoms with Crippen LogP contribution in [0.2, 0.25) is 0 Å². The zero-order valence-electron chi connectivity index (χ0n) is 17.6. The molecule has 3 heterocycles. The summed E-state index contributed by atoms with van der Waals surface area (Å²) in [6.07, 6.45) is 5.41. The molecule has 0 unspecified atom stereocenters. The molecule has 162 valence electrons. The van der Waals surface area contributed by atoms with Crippen LogP contribution in [-0.4, -0.2) is 59.8 Å². The molecule has 0 atom stereocenters. The summed E-state index contributed by atoms with van der Waals surface area (Å²) < 4.78 is 12.4. The molecule has 3 N–H and O–H groups in total. The lowest BCUT2D eigenvalue weighted by atomic mass is 9.97. The fraction of sp³-hybridized carbons (Fsp3) is 0.318. The lowest BCUT2D eigenvalue weighted by molar-refractivity contribution is 0.122. The molecule has 0 bridgehead atoms. The first-order valence-corrected chi connectivity index (χ1v) is 10.2. The standard InChI is InChI=1S/C22H27N7O2/c1-16(21-12-22(25-15-24-21)28-5-9-31-10-6-28)19-11-17(3-4-20(19)27-23)18-13-26-29(14-18)7-8-30-2/h3-4,11-15,27H,1,5-10,23H2,2H3. The third-order valence-electron chi connectivity index (χ3n) is 5.29. The van der Waals surface area contributed by atoms with E-state index in [1.807, 2.05) is 41.3 Å². The van der Waals surface area contributed by atoms with E-state index in [0.717, 1.165) is 52.6 Å². The molecular formula is C22H27N7O2. The summed E-state index contributed by atoms with van der Waals surface area (Å²) in [5, 5.41) is 4.41. The number of ether oxygens (including phenoxy) is 2.